The molecule has 1 aliphatic heterocycles. The maximum atomic E-state index is 5.68. The van der Waals surface area contributed by atoms with E-state index in [1.165, 1.54) is 25.7 Å². The minimum atomic E-state index is 0.727. The van der Waals surface area contributed by atoms with Crippen LogP contribution in [0.3, 0.4) is 0 Å². The molecule has 1 heterocycles. The summed E-state index contributed by atoms with van der Waals surface area (Å²) >= 11 is 0. The van der Waals surface area contributed by atoms with Gasteiger partial charge in [-0.25, -0.2) is 0 Å². The van der Waals surface area contributed by atoms with E-state index < -0.39 is 0 Å². The van der Waals surface area contributed by atoms with Crippen molar-refractivity contribution in [1.82, 2.24) is 5.32 Å². The molecule has 3 heteroatoms. The first-order valence-electron chi connectivity index (χ1n) is 7.15. The number of nitrogens with one attached hydrogen (secondary N) is 1. The van der Waals surface area contributed by atoms with E-state index in [1.54, 1.807) is 0 Å². The average molecular weight is 243 g/mol. The molecule has 0 bridgehead atoms. The van der Waals surface area contributed by atoms with Gasteiger partial charge >= 0.3 is 0 Å². The van der Waals surface area contributed by atoms with Crippen LogP contribution in [0.25, 0.3) is 0 Å². The zero-order valence-corrected chi connectivity index (χ0v) is 11.5. The highest BCUT2D eigenvalue weighted by Crippen LogP contribution is 2.14. The summed E-state index contributed by atoms with van der Waals surface area (Å²) < 4.78 is 11.0. The summed E-state index contributed by atoms with van der Waals surface area (Å²) in [5.74, 6) is 1.55. The van der Waals surface area contributed by atoms with Crippen molar-refractivity contribution in [2.24, 2.45) is 11.8 Å². The Bertz CT molecular complexity index is 168. The predicted octanol–water partition coefficient (Wildman–Crippen LogP) is 2.46. The van der Waals surface area contributed by atoms with Crippen LogP contribution in [0.15, 0.2) is 0 Å². The molecule has 1 N–H and O–H groups in total. The molecule has 0 aliphatic carbocycles. The van der Waals surface area contributed by atoms with E-state index in [0.717, 1.165) is 51.4 Å². The molecule has 0 spiro atoms. The van der Waals surface area contributed by atoms with Crippen LogP contribution >= 0.6 is 0 Å². The van der Waals surface area contributed by atoms with E-state index in [0.29, 0.717) is 0 Å². The summed E-state index contributed by atoms with van der Waals surface area (Å²) in [6.07, 6.45) is 4.93. The topological polar surface area (TPSA) is 30.5 Å². The third kappa shape index (κ3) is 8.58. The highest BCUT2D eigenvalue weighted by Gasteiger charge is 2.13. The highest BCUT2D eigenvalue weighted by molar-refractivity contribution is 4.62. The molecule has 0 amide bonds. The Labute approximate surface area is 106 Å². The molecule has 1 fully saturated rings. The molecule has 102 valence electrons. The monoisotopic (exact) mass is 243 g/mol. The van der Waals surface area contributed by atoms with Crippen LogP contribution in [-0.4, -0.2) is 39.5 Å². The molecule has 0 radical (unpaired) electrons. The average Bonchev–Trinajstić information content (AvgIpc) is 2.33. The second-order valence-electron chi connectivity index (χ2n) is 5.42. The largest absolute Gasteiger partial charge is 0.381 e. The third-order valence-corrected chi connectivity index (χ3v) is 3.25. The maximum absolute atomic E-state index is 5.68. The van der Waals surface area contributed by atoms with Crippen LogP contribution in [-0.2, 0) is 9.47 Å². The van der Waals surface area contributed by atoms with Gasteiger partial charge in [-0.1, -0.05) is 13.8 Å². The van der Waals surface area contributed by atoms with Crippen LogP contribution in [0.2, 0.25) is 0 Å². The van der Waals surface area contributed by atoms with Crippen LogP contribution in [0.5, 0.6) is 0 Å². The lowest BCUT2D eigenvalue weighted by atomic mass is 10.0. The summed E-state index contributed by atoms with van der Waals surface area (Å²) in [5, 5.41) is 3.43. The van der Waals surface area contributed by atoms with Crippen LogP contribution in [0.1, 0.15) is 39.5 Å². The molecule has 0 aromatic rings. The maximum Gasteiger partial charge on any atom is 0.0591 e. The lowest BCUT2D eigenvalue weighted by molar-refractivity contribution is 0.0214. The van der Waals surface area contributed by atoms with E-state index in [1.807, 2.05) is 0 Å². The first-order valence-corrected chi connectivity index (χ1v) is 7.15. The Kier molecular flexibility index (Phi) is 8.67. The predicted molar refractivity (Wildman–Crippen MR) is 71.3 cm³/mol. The minimum absolute atomic E-state index is 0.727. The van der Waals surface area contributed by atoms with Crippen molar-refractivity contribution in [3.8, 4) is 0 Å². The summed E-state index contributed by atoms with van der Waals surface area (Å²) in [4.78, 5) is 0. The zero-order chi connectivity index (χ0) is 12.3. The van der Waals surface area contributed by atoms with E-state index in [4.69, 9.17) is 9.47 Å². The smallest absolute Gasteiger partial charge is 0.0591 e. The van der Waals surface area contributed by atoms with E-state index in [9.17, 15) is 0 Å². The van der Waals surface area contributed by atoms with Crippen LogP contribution in [0, 0.1) is 11.8 Å². The molecular formula is C14H29NO2. The van der Waals surface area contributed by atoms with Crippen LogP contribution < -0.4 is 5.32 Å². The van der Waals surface area contributed by atoms with Gasteiger partial charge in [0.15, 0.2) is 0 Å². The fourth-order valence-electron chi connectivity index (χ4n) is 2.07. The van der Waals surface area contributed by atoms with Gasteiger partial charge in [0.1, 0.15) is 0 Å². The van der Waals surface area contributed by atoms with E-state index >= 15 is 0 Å². The minimum Gasteiger partial charge on any atom is -0.381 e. The molecule has 0 aromatic carbocycles. The molecule has 17 heavy (non-hydrogen) atoms. The number of hydrogen-bond acceptors (Lipinski definition) is 3. The van der Waals surface area contributed by atoms with Crippen molar-refractivity contribution in [2.45, 2.75) is 39.5 Å². The van der Waals surface area contributed by atoms with Crippen molar-refractivity contribution >= 4 is 0 Å². The number of hydrogen-bond donors (Lipinski definition) is 1. The first kappa shape index (κ1) is 14.9. The van der Waals surface area contributed by atoms with Crippen LogP contribution in [0.4, 0.5) is 0 Å². The second kappa shape index (κ2) is 9.86. The van der Waals surface area contributed by atoms with Gasteiger partial charge in [-0.2, -0.15) is 0 Å². The lowest BCUT2D eigenvalue weighted by Crippen LogP contribution is -2.24. The van der Waals surface area contributed by atoms with Crippen molar-refractivity contribution in [2.75, 3.05) is 39.5 Å². The Morgan fingerprint density at radius 3 is 2.71 bits per heavy atom. The van der Waals surface area contributed by atoms with E-state index in [2.05, 4.69) is 19.2 Å². The fraction of sp³-hybridized carbons (Fsp3) is 1.00. The zero-order valence-electron chi connectivity index (χ0n) is 11.5. The summed E-state index contributed by atoms with van der Waals surface area (Å²) in [6.45, 7) is 10.3. The molecule has 0 aromatic heterocycles. The standard InChI is InChI=1S/C14H29NO2/c1-13(2)4-3-7-15-8-11-17-12-14-5-9-16-10-6-14/h13-15H,3-12H2,1-2H3. The van der Waals surface area contributed by atoms with Gasteiger partial charge in [0, 0.05) is 26.4 Å². The number of rotatable bonds is 9. The summed E-state index contributed by atoms with van der Waals surface area (Å²) in [6, 6.07) is 0. The highest BCUT2D eigenvalue weighted by atomic mass is 16.5. The van der Waals surface area contributed by atoms with Gasteiger partial charge < -0.3 is 14.8 Å². The summed E-state index contributed by atoms with van der Waals surface area (Å²) in [7, 11) is 0. The Hall–Kier alpha value is -0.120. The quantitative estimate of drug-likeness (QED) is 0.631. The third-order valence-electron chi connectivity index (χ3n) is 3.25. The van der Waals surface area contributed by atoms with Gasteiger partial charge in [0.2, 0.25) is 0 Å². The SMILES string of the molecule is CC(C)CCCNCCOCC1CCOCC1. The van der Waals surface area contributed by atoms with Crippen molar-refractivity contribution < 1.29 is 9.47 Å². The van der Waals surface area contributed by atoms with Gasteiger partial charge in [-0.3, -0.25) is 0 Å². The normalized spacial score (nSPS) is 17.8. The number of ether oxygens (including phenoxy) is 2. The molecule has 1 rings (SSSR count). The molecular weight excluding hydrogens is 214 g/mol. The Morgan fingerprint density at radius 2 is 2.00 bits per heavy atom. The Morgan fingerprint density at radius 1 is 1.24 bits per heavy atom. The first-order chi connectivity index (χ1) is 8.29. The Balaban J connectivity index is 1.78. The molecule has 0 unspecified atom stereocenters. The van der Waals surface area contributed by atoms with Gasteiger partial charge in [-0.05, 0) is 44.1 Å². The van der Waals surface area contributed by atoms with Gasteiger partial charge in [0.05, 0.1) is 6.61 Å². The molecule has 0 saturated carbocycles. The molecule has 1 aliphatic rings. The summed E-state index contributed by atoms with van der Waals surface area (Å²) in [5.41, 5.74) is 0. The molecule has 1 saturated heterocycles. The second-order valence-corrected chi connectivity index (χ2v) is 5.42. The van der Waals surface area contributed by atoms with E-state index in [-0.39, 0.29) is 0 Å². The van der Waals surface area contributed by atoms with Crippen molar-refractivity contribution in [1.29, 1.82) is 0 Å². The van der Waals surface area contributed by atoms with Crippen molar-refractivity contribution in [3.05, 3.63) is 0 Å². The van der Waals surface area contributed by atoms with Crippen molar-refractivity contribution in [3.63, 3.8) is 0 Å². The fourth-order valence-corrected chi connectivity index (χ4v) is 2.07. The van der Waals surface area contributed by atoms with Gasteiger partial charge in [0.25, 0.3) is 0 Å². The van der Waals surface area contributed by atoms with Gasteiger partial charge in [-0.15, -0.1) is 0 Å². The lowest BCUT2D eigenvalue weighted by Gasteiger charge is -2.21. The molecule has 0 atom stereocenters. The molecule has 3 nitrogen and oxygen atoms in total.